The number of nitrogens with zero attached hydrogens (tertiary/aromatic N) is 1. The van der Waals surface area contributed by atoms with E-state index in [9.17, 15) is 4.79 Å². The molecule has 0 fully saturated rings. The van der Waals surface area contributed by atoms with Crippen LogP contribution in [0.25, 0.3) is 0 Å². The number of carbonyl (C=O) groups is 1. The van der Waals surface area contributed by atoms with Crippen LogP contribution in [0.4, 0.5) is 5.69 Å². The van der Waals surface area contributed by atoms with Crippen molar-refractivity contribution in [1.29, 1.82) is 5.26 Å². The van der Waals surface area contributed by atoms with E-state index in [-0.39, 0.29) is 5.91 Å². The number of hydrogen-bond acceptors (Lipinski definition) is 3. The van der Waals surface area contributed by atoms with Crippen molar-refractivity contribution in [3.05, 3.63) is 64.7 Å². The second-order valence-corrected chi connectivity index (χ2v) is 4.62. The minimum absolute atomic E-state index is 0.163. The predicted molar refractivity (Wildman–Crippen MR) is 74.0 cm³/mol. The van der Waals surface area contributed by atoms with Crippen molar-refractivity contribution in [2.75, 3.05) is 5.32 Å². The molecule has 0 radical (unpaired) electrons. The second kappa shape index (κ2) is 5.16. The molecular formula is C16H12N2O2. The standard InChI is InChI=1S/C16H12N2O2/c17-8-11-1-5-15(6-2-11)18-16(19)12-3-4-13-9-20-10-14(13)7-12/h1-7H,9-10H2,(H,18,19). The summed E-state index contributed by atoms with van der Waals surface area (Å²) < 4.78 is 5.33. The SMILES string of the molecule is N#Cc1ccc(NC(=O)c2ccc3c(c2)COC3)cc1. The third kappa shape index (κ3) is 2.40. The number of benzene rings is 2. The molecule has 0 saturated heterocycles. The van der Waals surface area contributed by atoms with E-state index in [0.717, 1.165) is 11.1 Å². The highest BCUT2D eigenvalue weighted by Gasteiger charge is 2.14. The van der Waals surface area contributed by atoms with Gasteiger partial charge in [-0.3, -0.25) is 4.79 Å². The third-order valence-electron chi connectivity index (χ3n) is 3.26. The molecular weight excluding hydrogens is 252 g/mol. The van der Waals surface area contributed by atoms with E-state index in [1.54, 1.807) is 30.3 Å². The molecule has 0 bridgehead atoms. The van der Waals surface area contributed by atoms with Crippen molar-refractivity contribution in [3.63, 3.8) is 0 Å². The summed E-state index contributed by atoms with van der Waals surface area (Å²) in [6.45, 7) is 1.18. The van der Waals surface area contributed by atoms with Gasteiger partial charge in [-0.05, 0) is 47.5 Å². The monoisotopic (exact) mass is 264 g/mol. The van der Waals surface area contributed by atoms with Crippen LogP contribution in [-0.4, -0.2) is 5.91 Å². The molecule has 3 rings (SSSR count). The summed E-state index contributed by atoms with van der Waals surface area (Å²) >= 11 is 0. The van der Waals surface area contributed by atoms with Crippen LogP contribution in [0, 0.1) is 11.3 Å². The number of nitrogens with one attached hydrogen (secondary N) is 1. The molecule has 0 atom stereocenters. The van der Waals surface area contributed by atoms with E-state index in [4.69, 9.17) is 10.00 Å². The molecule has 4 heteroatoms. The Bertz CT molecular complexity index is 699. The normalized spacial score (nSPS) is 12.6. The highest BCUT2D eigenvalue weighted by Crippen LogP contribution is 2.21. The van der Waals surface area contributed by atoms with Gasteiger partial charge in [0, 0.05) is 11.3 Å². The van der Waals surface area contributed by atoms with E-state index in [1.165, 1.54) is 0 Å². The molecule has 20 heavy (non-hydrogen) atoms. The third-order valence-corrected chi connectivity index (χ3v) is 3.26. The van der Waals surface area contributed by atoms with E-state index >= 15 is 0 Å². The summed E-state index contributed by atoms with van der Waals surface area (Å²) in [4.78, 5) is 12.2. The largest absolute Gasteiger partial charge is 0.372 e. The lowest BCUT2D eigenvalue weighted by atomic mass is 10.1. The van der Waals surface area contributed by atoms with E-state index in [2.05, 4.69) is 5.32 Å². The molecule has 4 nitrogen and oxygen atoms in total. The molecule has 0 aliphatic carbocycles. The summed E-state index contributed by atoms with van der Waals surface area (Å²) in [5, 5.41) is 11.5. The Balaban J connectivity index is 1.77. The fraction of sp³-hybridized carbons (Fsp3) is 0.125. The molecule has 0 aromatic heterocycles. The predicted octanol–water partition coefficient (Wildman–Crippen LogP) is 2.84. The first-order chi connectivity index (χ1) is 9.76. The van der Waals surface area contributed by atoms with Gasteiger partial charge in [-0.25, -0.2) is 0 Å². The maximum Gasteiger partial charge on any atom is 0.255 e. The number of nitriles is 1. The maximum absolute atomic E-state index is 12.2. The van der Waals surface area contributed by atoms with Gasteiger partial charge in [0.05, 0.1) is 24.8 Å². The van der Waals surface area contributed by atoms with Crippen molar-refractivity contribution in [1.82, 2.24) is 0 Å². The summed E-state index contributed by atoms with van der Waals surface area (Å²) in [6, 6.07) is 14.4. The zero-order valence-corrected chi connectivity index (χ0v) is 10.7. The Labute approximate surface area is 116 Å². The average molecular weight is 264 g/mol. The lowest BCUT2D eigenvalue weighted by Gasteiger charge is -2.06. The van der Waals surface area contributed by atoms with Crippen molar-refractivity contribution in [3.8, 4) is 6.07 Å². The first-order valence-corrected chi connectivity index (χ1v) is 6.27. The fourth-order valence-electron chi connectivity index (χ4n) is 2.14. The zero-order valence-electron chi connectivity index (χ0n) is 10.7. The van der Waals surface area contributed by atoms with E-state index in [1.807, 2.05) is 18.2 Å². The lowest BCUT2D eigenvalue weighted by molar-refractivity contribution is 0.102. The summed E-state index contributed by atoms with van der Waals surface area (Å²) in [7, 11) is 0. The van der Waals surface area contributed by atoms with Crippen LogP contribution in [0.15, 0.2) is 42.5 Å². The van der Waals surface area contributed by atoms with Gasteiger partial charge in [0.15, 0.2) is 0 Å². The van der Waals surface area contributed by atoms with Gasteiger partial charge < -0.3 is 10.1 Å². The van der Waals surface area contributed by atoms with Gasteiger partial charge in [-0.15, -0.1) is 0 Å². The maximum atomic E-state index is 12.2. The topological polar surface area (TPSA) is 62.1 Å². The minimum Gasteiger partial charge on any atom is -0.372 e. The molecule has 1 aliphatic rings. The van der Waals surface area contributed by atoms with Crippen LogP contribution in [-0.2, 0) is 18.0 Å². The summed E-state index contributed by atoms with van der Waals surface area (Å²) in [6.07, 6.45) is 0. The molecule has 1 aliphatic heterocycles. The van der Waals surface area contributed by atoms with Crippen LogP contribution >= 0.6 is 0 Å². The van der Waals surface area contributed by atoms with Gasteiger partial charge in [0.25, 0.3) is 5.91 Å². The van der Waals surface area contributed by atoms with E-state index < -0.39 is 0 Å². The number of fused-ring (bicyclic) bond motifs is 1. The van der Waals surface area contributed by atoms with Crippen LogP contribution in [0.5, 0.6) is 0 Å². The number of amides is 1. The van der Waals surface area contributed by atoms with Crippen molar-refractivity contribution in [2.45, 2.75) is 13.2 Å². The molecule has 1 amide bonds. The first kappa shape index (κ1) is 12.4. The van der Waals surface area contributed by atoms with Gasteiger partial charge in [-0.1, -0.05) is 6.07 Å². The quantitative estimate of drug-likeness (QED) is 0.907. The van der Waals surface area contributed by atoms with Gasteiger partial charge in [0.2, 0.25) is 0 Å². The van der Waals surface area contributed by atoms with Crippen LogP contribution < -0.4 is 5.32 Å². The fourth-order valence-corrected chi connectivity index (χ4v) is 2.14. The Hall–Kier alpha value is -2.64. The second-order valence-electron chi connectivity index (χ2n) is 4.62. The molecule has 0 saturated carbocycles. The van der Waals surface area contributed by atoms with Crippen molar-refractivity contribution < 1.29 is 9.53 Å². The Morgan fingerprint density at radius 2 is 1.85 bits per heavy atom. The molecule has 1 N–H and O–H groups in total. The number of ether oxygens (including phenoxy) is 1. The summed E-state index contributed by atoms with van der Waals surface area (Å²) in [5.74, 6) is -0.163. The Kier molecular flexibility index (Phi) is 3.20. The highest BCUT2D eigenvalue weighted by molar-refractivity contribution is 6.04. The van der Waals surface area contributed by atoms with Gasteiger partial charge in [-0.2, -0.15) is 5.26 Å². The Morgan fingerprint density at radius 3 is 2.60 bits per heavy atom. The van der Waals surface area contributed by atoms with Crippen LogP contribution in [0.2, 0.25) is 0 Å². The van der Waals surface area contributed by atoms with Crippen LogP contribution in [0.1, 0.15) is 27.0 Å². The average Bonchev–Trinajstić information content (AvgIpc) is 2.95. The molecule has 98 valence electrons. The number of rotatable bonds is 2. The Morgan fingerprint density at radius 1 is 1.10 bits per heavy atom. The molecule has 0 unspecified atom stereocenters. The number of carbonyl (C=O) groups excluding carboxylic acids is 1. The van der Waals surface area contributed by atoms with Gasteiger partial charge in [0.1, 0.15) is 0 Å². The smallest absolute Gasteiger partial charge is 0.255 e. The molecule has 0 spiro atoms. The summed E-state index contributed by atoms with van der Waals surface area (Å²) in [5.41, 5.74) is 4.06. The van der Waals surface area contributed by atoms with Crippen molar-refractivity contribution in [2.24, 2.45) is 0 Å². The van der Waals surface area contributed by atoms with E-state index in [0.29, 0.717) is 30.0 Å². The molecule has 2 aromatic rings. The minimum atomic E-state index is -0.163. The molecule has 2 aromatic carbocycles. The van der Waals surface area contributed by atoms with Crippen LogP contribution in [0.3, 0.4) is 0 Å². The number of hydrogen-bond donors (Lipinski definition) is 1. The van der Waals surface area contributed by atoms with Gasteiger partial charge >= 0.3 is 0 Å². The molecule has 1 heterocycles. The van der Waals surface area contributed by atoms with Crippen molar-refractivity contribution >= 4 is 11.6 Å². The highest BCUT2D eigenvalue weighted by atomic mass is 16.5. The lowest BCUT2D eigenvalue weighted by Crippen LogP contribution is -2.12. The zero-order chi connectivity index (χ0) is 13.9. The number of anilines is 1. The first-order valence-electron chi connectivity index (χ1n) is 6.27.